The third kappa shape index (κ3) is 5.78. The Labute approximate surface area is 182 Å². The molecule has 1 aromatic heterocycles. The summed E-state index contributed by atoms with van der Waals surface area (Å²) < 4.78 is 7.80. The molecule has 0 spiro atoms. The first kappa shape index (κ1) is 21.7. The lowest BCUT2D eigenvalue weighted by Gasteiger charge is -2.13. The van der Waals surface area contributed by atoms with E-state index in [4.69, 9.17) is 9.72 Å². The van der Waals surface area contributed by atoms with Crippen LogP contribution in [0.5, 0.6) is 0 Å². The molecule has 0 aliphatic rings. The number of carbonyl (C=O) groups excluding carboxylic acids is 1. The van der Waals surface area contributed by atoms with Crippen LogP contribution in [0.3, 0.4) is 0 Å². The van der Waals surface area contributed by atoms with Gasteiger partial charge in [0.15, 0.2) is 10.9 Å². The Hall–Kier alpha value is -1.96. The summed E-state index contributed by atoms with van der Waals surface area (Å²) in [4.78, 5) is 29.9. The van der Waals surface area contributed by atoms with Gasteiger partial charge >= 0.3 is 0 Å². The van der Waals surface area contributed by atoms with Gasteiger partial charge in [0.25, 0.3) is 5.56 Å². The molecule has 0 bridgehead atoms. The van der Waals surface area contributed by atoms with E-state index >= 15 is 0 Å². The molecule has 0 saturated carbocycles. The third-order valence-electron chi connectivity index (χ3n) is 4.50. The van der Waals surface area contributed by atoms with E-state index in [1.165, 1.54) is 11.8 Å². The first-order valence-corrected chi connectivity index (χ1v) is 11.3. The summed E-state index contributed by atoms with van der Waals surface area (Å²) in [5.74, 6) is 0.846. The van der Waals surface area contributed by atoms with Crippen molar-refractivity contribution in [3.8, 4) is 0 Å². The first-order chi connectivity index (χ1) is 14.1. The van der Waals surface area contributed by atoms with E-state index in [0.717, 1.165) is 28.6 Å². The van der Waals surface area contributed by atoms with Gasteiger partial charge in [0.1, 0.15) is 0 Å². The van der Waals surface area contributed by atoms with Gasteiger partial charge in [-0.1, -0.05) is 52.0 Å². The average Bonchev–Trinajstić information content (AvgIpc) is 2.73. The van der Waals surface area contributed by atoms with E-state index in [1.54, 1.807) is 11.7 Å². The Balaban J connectivity index is 1.68. The maximum Gasteiger partial charge on any atom is 0.262 e. The van der Waals surface area contributed by atoms with Gasteiger partial charge in [0.05, 0.1) is 10.9 Å². The number of hydrogen-bond donors (Lipinski definition) is 0. The second-order valence-electron chi connectivity index (χ2n) is 6.60. The zero-order chi connectivity index (χ0) is 20.6. The van der Waals surface area contributed by atoms with Gasteiger partial charge < -0.3 is 4.74 Å². The molecule has 5 nitrogen and oxygen atoms in total. The summed E-state index contributed by atoms with van der Waals surface area (Å²) in [5.41, 5.74) is 1.40. The van der Waals surface area contributed by atoms with Gasteiger partial charge in [-0.3, -0.25) is 14.2 Å². The average molecular weight is 475 g/mol. The molecule has 0 aliphatic carbocycles. The molecule has 3 rings (SSSR count). The maximum absolute atomic E-state index is 12.9. The summed E-state index contributed by atoms with van der Waals surface area (Å²) in [6, 6.07) is 14.8. The van der Waals surface area contributed by atoms with E-state index in [2.05, 4.69) is 15.9 Å². The minimum atomic E-state index is -0.0276. The van der Waals surface area contributed by atoms with Crippen LogP contribution in [0.2, 0.25) is 0 Å². The zero-order valence-electron chi connectivity index (χ0n) is 16.3. The van der Waals surface area contributed by atoms with Crippen molar-refractivity contribution in [1.82, 2.24) is 9.55 Å². The molecule has 7 heteroatoms. The highest BCUT2D eigenvalue weighted by atomic mass is 79.9. The predicted octanol–water partition coefficient (Wildman–Crippen LogP) is 4.95. The Bertz CT molecular complexity index is 1030. The second kappa shape index (κ2) is 10.7. The van der Waals surface area contributed by atoms with E-state index < -0.39 is 0 Å². The minimum Gasteiger partial charge on any atom is -0.385 e. The van der Waals surface area contributed by atoms with Crippen molar-refractivity contribution in [2.24, 2.45) is 0 Å². The van der Waals surface area contributed by atoms with Crippen molar-refractivity contribution in [3.63, 3.8) is 0 Å². The molecular formula is C22H23BrN2O3S. The number of benzene rings is 2. The van der Waals surface area contributed by atoms with E-state index in [0.29, 0.717) is 35.6 Å². The second-order valence-corrected chi connectivity index (χ2v) is 8.57. The van der Waals surface area contributed by atoms with Crippen molar-refractivity contribution in [2.75, 3.05) is 19.5 Å². The topological polar surface area (TPSA) is 61.2 Å². The molecule has 0 aliphatic heterocycles. The molecule has 0 radical (unpaired) electrons. The number of fused-ring (bicyclic) bond motifs is 1. The molecule has 2 aromatic carbocycles. The van der Waals surface area contributed by atoms with Crippen LogP contribution >= 0.6 is 27.7 Å². The number of thioether (sulfide) groups is 1. The Morgan fingerprint density at radius 3 is 2.66 bits per heavy atom. The smallest absolute Gasteiger partial charge is 0.262 e. The van der Waals surface area contributed by atoms with Crippen molar-refractivity contribution >= 4 is 44.4 Å². The molecule has 1 heterocycles. The maximum atomic E-state index is 12.9. The van der Waals surface area contributed by atoms with E-state index in [1.807, 2.05) is 48.5 Å². The van der Waals surface area contributed by atoms with Crippen LogP contribution in [0.15, 0.2) is 63.0 Å². The van der Waals surface area contributed by atoms with Crippen molar-refractivity contribution in [3.05, 3.63) is 68.9 Å². The molecule has 0 atom stereocenters. The summed E-state index contributed by atoms with van der Waals surface area (Å²) >= 11 is 4.90. The van der Waals surface area contributed by atoms with Gasteiger partial charge in [0, 0.05) is 42.5 Å². The first-order valence-electron chi connectivity index (χ1n) is 9.50. The van der Waals surface area contributed by atoms with E-state index in [9.17, 15) is 9.59 Å². The summed E-state index contributed by atoms with van der Waals surface area (Å²) in [6.45, 7) is 1.15. The Kier molecular flexibility index (Phi) is 8.03. The van der Waals surface area contributed by atoms with Gasteiger partial charge in [-0.2, -0.15) is 0 Å². The zero-order valence-corrected chi connectivity index (χ0v) is 18.7. The lowest BCUT2D eigenvalue weighted by molar-refractivity contribution is 0.0982. The summed E-state index contributed by atoms with van der Waals surface area (Å²) in [7, 11) is 1.65. The van der Waals surface area contributed by atoms with Crippen LogP contribution in [-0.2, 0) is 11.3 Å². The highest BCUT2D eigenvalue weighted by Crippen LogP contribution is 2.20. The van der Waals surface area contributed by atoms with Gasteiger partial charge in [-0.25, -0.2) is 4.98 Å². The molecule has 29 heavy (non-hydrogen) atoms. The molecule has 152 valence electrons. The number of aromatic nitrogens is 2. The van der Waals surface area contributed by atoms with E-state index in [-0.39, 0.29) is 11.3 Å². The molecular weight excluding hydrogens is 452 g/mol. The number of hydrogen-bond acceptors (Lipinski definition) is 5. The fourth-order valence-corrected chi connectivity index (χ4v) is 4.23. The van der Waals surface area contributed by atoms with Crippen LogP contribution in [0.25, 0.3) is 10.9 Å². The molecule has 3 aromatic rings. The molecule has 0 N–H and O–H groups in total. The number of halogens is 1. The van der Waals surface area contributed by atoms with Crippen molar-refractivity contribution in [2.45, 2.75) is 31.0 Å². The summed E-state index contributed by atoms with van der Waals surface area (Å²) in [6.07, 6.45) is 1.93. The largest absolute Gasteiger partial charge is 0.385 e. The standard InChI is InChI=1S/C22H23BrN2O3S/c1-28-14-5-13-25-21(27)18-6-2-3-7-19(18)24-22(25)29-15-4-8-20(26)16-9-11-17(23)12-10-16/h2-3,6-7,9-12H,4-5,8,13-15H2,1H3. The number of Topliss-reactive ketones (excluding diaryl/α,β-unsaturated/α-hetero) is 1. The molecule has 0 saturated heterocycles. The minimum absolute atomic E-state index is 0.0276. The summed E-state index contributed by atoms with van der Waals surface area (Å²) in [5, 5.41) is 1.32. The highest BCUT2D eigenvalue weighted by molar-refractivity contribution is 9.10. The van der Waals surface area contributed by atoms with Crippen LogP contribution in [0, 0.1) is 0 Å². The number of rotatable bonds is 10. The third-order valence-corrected chi connectivity index (χ3v) is 6.09. The number of ketones is 1. The van der Waals surface area contributed by atoms with Crippen LogP contribution in [-0.4, -0.2) is 34.8 Å². The lowest BCUT2D eigenvalue weighted by atomic mass is 10.1. The van der Waals surface area contributed by atoms with Crippen molar-refractivity contribution < 1.29 is 9.53 Å². The normalized spacial score (nSPS) is 11.1. The fourth-order valence-electron chi connectivity index (χ4n) is 3.00. The van der Waals surface area contributed by atoms with Gasteiger partial charge in [-0.15, -0.1) is 0 Å². The fraction of sp³-hybridized carbons (Fsp3) is 0.318. The van der Waals surface area contributed by atoms with Gasteiger partial charge in [0.2, 0.25) is 0 Å². The Morgan fingerprint density at radius 2 is 1.90 bits per heavy atom. The number of ether oxygens (including phenoxy) is 1. The molecule has 0 unspecified atom stereocenters. The quantitative estimate of drug-likeness (QED) is 0.180. The molecule has 0 fully saturated rings. The van der Waals surface area contributed by atoms with Gasteiger partial charge in [-0.05, 0) is 37.1 Å². The molecule has 0 amide bonds. The Morgan fingerprint density at radius 1 is 1.14 bits per heavy atom. The predicted molar refractivity (Wildman–Crippen MR) is 121 cm³/mol. The SMILES string of the molecule is COCCCn1c(SCCCC(=O)c2ccc(Br)cc2)nc2ccccc2c1=O. The van der Waals surface area contributed by atoms with Crippen LogP contribution in [0.1, 0.15) is 29.6 Å². The lowest BCUT2D eigenvalue weighted by Crippen LogP contribution is -2.24. The van der Waals surface area contributed by atoms with Crippen LogP contribution in [0.4, 0.5) is 0 Å². The number of carbonyl (C=O) groups is 1. The number of para-hydroxylation sites is 1. The highest BCUT2D eigenvalue weighted by Gasteiger charge is 2.12. The van der Waals surface area contributed by atoms with Crippen LogP contribution < -0.4 is 5.56 Å². The number of methoxy groups -OCH3 is 1. The monoisotopic (exact) mass is 474 g/mol. The van der Waals surface area contributed by atoms with Crippen molar-refractivity contribution in [1.29, 1.82) is 0 Å². The number of nitrogens with zero attached hydrogens (tertiary/aromatic N) is 2.